The molecule has 0 unspecified atom stereocenters. The van der Waals surface area contributed by atoms with E-state index in [1.165, 1.54) is 0 Å². The number of hydrogen-bond acceptors (Lipinski definition) is 4. The molecule has 0 saturated carbocycles. The number of aromatic nitrogens is 2. The first-order valence-electron chi connectivity index (χ1n) is 7.92. The molecule has 0 radical (unpaired) electrons. The molecule has 0 fully saturated rings. The van der Waals surface area contributed by atoms with Gasteiger partial charge in [0, 0.05) is 42.7 Å². The Morgan fingerprint density at radius 3 is 2.36 bits per heavy atom. The Balaban J connectivity index is 1.82. The molecule has 0 atom stereocenters. The summed E-state index contributed by atoms with van der Waals surface area (Å²) in [5.41, 5.74) is 2.97. The average Bonchev–Trinajstić information content (AvgIpc) is 2.85. The second-order valence-corrected chi connectivity index (χ2v) is 6.74. The fraction of sp³-hybridized carbons (Fsp3) is 0.412. The standard InChI is InChI=1S/C17H23BrN4O2S/c1-11-16(18)12(2)22(21-11)7-5-6-19-17(25)20-13-8-14(23-3)10-15(9-13)24-4/h8-10H,5-7H2,1-4H3,(H2,19,20,25). The zero-order chi connectivity index (χ0) is 18.4. The SMILES string of the molecule is COc1cc(NC(=S)NCCCn2nc(C)c(Br)c2C)cc(OC)c1. The lowest BCUT2D eigenvalue weighted by atomic mass is 10.3. The van der Waals surface area contributed by atoms with Crippen molar-refractivity contribution in [2.75, 3.05) is 26.1 Å². The maximum atomic E-state index is 5.34. The summed E-state index contributed by atoms with van der Waals surface area (Å²) in [6, 6.07) is 5.54. The quantitative estimate of drug-likeness (QED) is 0.520. The first kappa shape index (κ1) is 19.5. The fourth-order valence-corrected chi connectivity index (χ4v) is 2.88. The van der Waals surface area contributed by atoms with E-state index < -0.39 is 0 Å². The van der Waals surface area contributed by atoms with E-state index in [2.05, 4.69) is 38.6 Å². The van der Waals surface area contributed by atoms with Gasteiger partial charge in [-0.1, -0.05) is 0 Å². The van der Waals surface area contributed by atoms with Crippen LogP contribution in [0, 0.1) is 13.8 Å². The minimum absolute atomic E-state index is 0.560. The number of anilines is 1. The number of methoxy groups -OCH3 is 2. The highest BCUT2D eigenvalue weighted by Crippen LogP contribution is 2.25. The van der Waals surface area contributed by atoms with E-state index in [4.69, 9.17) is 21.7 Å². The van der Waals surface area contributed by atoms with Gasteiger partial charge in [0.15, 0.2) is 5.11 Å². The van der Waals surface area contributed by atoms with Crippen molar-refractivity contribution in [3.8, 4) is 11.5 Å². The summed E-state index contributed by atoms with van der Waals surface area (Å²) in [6.07, 6.45) is 0.914. The van der Waals surface area contributed by atoms with Crippen molar-refractivity contribution in [1.29, 1.82) is 0 Å². The number of nitrogens with zero attached hydrogens (tertiary/aromatic N) is 2. The third kappa shape index (κ3) is 5.34. The molecule has 2 aromatic rings. The molecule has 1 heterocycles. The molecule has 0 spiro atoms. The van der Waals surface area contributed by atoms with Crippen LogP contribution in [-0.2, 0) is 6.54 Å². The lowest BCUT2D eigenvalue weighted by Crippen LogP contribution is -2.29. The van der Waals surface area contributed by atoms with Gasteiger partial charge in [-0.05, 0) is 48.4 Å². The van der Waals surface area contributed by atoms with E-state index >= 15 is 0 Å². The first-order chi connectivity index (χ1) is 11.9. The monoisotopic (exact) mass is 426 g/mol. The Morgan fingerprint density at radius 2 is 1.84 bits per heavy atom. The molecule has 0 bridgehead atoms. The lowest BCUT2D eigenvalue weighted by Gasteiger charge is -2.13. The molecule has 2 N–H and O–H groups in total. The Morgan fingerprint density at radius 1 is 1.20 bits per heavy atom. The molecule has 136 valence electrons. The predicted octanol–water partition coefficient (Wildman–Crippen LogP) is 3.66. The number of rotatable bonds is 7. The first-order valence-corrected chi connectivity index (χ1v) is 9.12. The third-order valence-electron chi connectivity index (χ3n) is 3.73. The molecule has 0 aliphatic heterocycles. The predicted molar refractivity (Wildman–Crippen MR) is 108 cm³/mol. The van der Waals surface area contributed by atoms with Gasteiger partial charge < -0.3 is 20.1 Å². The van der Waals surface area contributed by atoms with Gasteiger partial charge in [-0.3, -0.25) is 4.68 Å². The molecule has 1 aromatic heterocycles. The number of benzene rings is 1. The van der Waals surface area contributed by atoms with Crippen LogP contribution in [0.3, 0.4) is 0 Å². The Hall–Kier alpha value is -1.80. The van der Waals surface area contributed by atoms with Crippen molar-refractivity contribution in [2.45, 2.75) is 26.8 Å². The molecular weight excluding hydrogens is 404 g/mol. The molecule has 2 rings (SSSR count). The van der Waals surface area contributed by atoms with Crippen LogP contribution in [0.5, 0.6) is 11.5 Å². The Kier molecular flexibility index (Phi) is 7.07. The molecule has 0 amide bonds. The summed E-state index contributed by atoms with van der Waals surface area (Å²) in [5.74, 6) is 1.42. The molecule has 6 nitrogen and oxygen atoms in total. The second kappa shape index (κ2) is 9.05. The Bertz CT molecular complexity index is 726. The van der Waals surface area contributed by atoms with Gasteiger partial charge in [0.2, 0.25) is 0 Å². The zero-order valence-electron chi connectivity index (χ0n) is 14.9. The van der Waals surface area contributed by atoms with Crippen LogP contribution in [-0.4, -0.2) is 35.7 Å². The molecule has 1 aromatic carbocycles. The lowest BCUT2D eigenvalue weighted by molar-refractivity contribution is 0.395. The van der Waals surface area contributed by atoms with Gasteiger partial charge in [-0.2, -0.15) is 5.10 Å². The number of nitrogens with one attached hydrogen (secondary N) is 2. The summed E-state index contributed by atoms with van der Waals surface area (Å²) >= 11 is 8.88. The van der Waals surface area contributed by atoms with E-state index in [1.54, 1.807) is 14.2 Å². The number of halogens is 1. The number of ether oxygens (including phenoxy) is 2. The summed E-state index contributed by atoms with van der Waals surface area (Å²) in [7, 11) is 3.24. The summed E-state index contributed by atoms with van der Waals surface area (Å²) in [4.78, 5) is 0. The highest BCUT2D eigenvalue weighted by atomic mass is 79.9. The smallest absolute Gasteiger partial charge is 0.170 e. The number of hydrogen-bond donors (Lipinski definition) is 2. The molecule has 0 saturated heterocycles. The van der Waals surface area contributed by atoms with E-state index in [9.17, 15) is 0 Å². The van der Waals surface area contributed by atoms with Crippen LogP contribution in [0.25, 0.3) is 0 Å². The van der Waals surface area contributed by atoms with E-state index in [0.29, 0.717) is 16.6 Å². The van der Waals surface area contributed by atoms with Gasteiger partial charge in [-0.15, -0.1) is 0 Å². The van der Waals surface area contributed by atoms with Crippen LogP contribution in [0.15, 0.2) is 22.7 Å². The third-order valence-corrected chi connectivity index (χ3v) is 5.13. The maximum absolute atomic E-state index is 5.34. The van der Waals surface area contributed by atoms with Crippen molar-refractivity contribution in [3.63, 3.8) is 0 Å². The van der Waals surface area contributed by atoms with Gasteiger partial charge >= 0.3 is 0 Å². The van der Waals surface area contributed by atoms with Gasteiger partial charge in [0.1, 0.15) is 11.5 Å². The van der Waals surface area contributed by atoms with Crippen LogP contribution < -0.4 is 20.1 Å². The van der Waals surface area contributed by atoms with Crippen molar-refractivity contribution in [2.24, 2.45) is 0 Å². The van der Waals surface area contributed by atoms with Gasteiger partial charge in [0.25, 0.3) is 0 Å². The van der Waals surface area contributed by atoms with Crippen molar-refractivity contribution >= 4 is 38.9 Å². The zero-order valence-corrected chi connectivity index (χ0v) is 17.3. The summed E-state index contributed by atoms with van der Waals surface area (Å²) < 4.78 is 13.6. The van der Waals surface area contributed by atoms with Crippen LogP contribution in [0.2, 0.25) is 0 Å². The fourth-order valence-electron chi connectivity index (χ4n) is 2.38. The van der Waals surface area contributed by atoms with Gasteiger partial charge in [-0.25, -0.2) is 0 Å². The second-order valence-electron chi connectivity index (χ2n) is 5.54. The minimum atomic E-state index is 0.560. The van der Waals surface area contributed by atoms with Crippen LogP contribution in [0.1, 0.15) is 17.8 Å². The maximum Gasteiger partial charge on any atom is 0.170 e. The highest BCUT2D eigenvalue weighted by molar-refractivity contribution is 9.10. The molecule has 0 aliphatic rings. The van der Waals surface area contributed by atoms with Gasteiger partial charge in [0.05, 0.1) is 24.4 Å². The van der Waals surface area contributed by atoms with Crippen molar-refractivity contribution < 1.29 is 9.47 Å². The molecule has 0 aliphatic carbocycles. The van der Waals surface area contributed by atoms with E-state index in [-0.39, 0.29) is 0 Å². The molecule has 25 heavy (non-hydrogen) atoms. The topological polar surface area (TPSA) is 60.3 Å². The highest BCUT2D eigenvalue weighted by Gasteiger charge is 2.08. The summed E-state index contributed by atoms with van der Waals surface area (Å²) in [5, 5.41) is 11.4. The average molecular weight is 427 g/mol. The van der Waals surface area contributed by atoms with Crippen LogP contribution >= 0.6 is 28.1 Å². The van der Waals surface area contributed by atoms with Crippen molar-refractivity contribution in [1.82, 2.24) is 15.1 Å². The molecular formula is C17H23BrN4O2S. The largest absolute Gasteiger partial charge is 0.497 e. The van der Waals surface area contributed by atoms with Crippen LogP contribution in [0.4, 0.5) is 5.69 Å². The van der Waals surface area contributed by atoms with E-state index in [0.717, 1.165) is 41.1 Å². The number of thiocarbonyl (C=S) groups is 1. The number of aryl methyl sites for hydroxylation is 2. The van der Waals surface area contributed by atoms with E-state index in [1.807, 2.05) is 29.8 Å². The molecule has 8 heteroatoms. The minimum Gasteiger partial charge on any atom is -0.497 e. The van der Waals surface area contributed by atoms with Crippen molar-refractivity contribution in [3.05, 3.63) is 34.1 Å². The summed E-state index contributed by atoms with van der Waals surface area (Å²) in [6.45, 7) is 5.64. The normalized spacial score (nSPS) is 10.4. The Labute approximate surface area is 162 Å².